The number of rotatable bonds is 4. The summed E-state index contributed by atoms with van der Waals surface area (Å²) < 4.78 is 29.9. The lowest BCUT2D eigenvalue weighted by atomic mass is 10.5. The van der Waals surface area contributed by atoms with Crippen LogP contribution in [0.1, 0.15) is 13.3 Å². The molecule has 0 fully saturated rings. The largest absolute Gasteiger partial charge is 0.745 e. The van der Waals surface area contributed by atoms with Gasteiger partial charge in [-0.1, -0.05) is 6.92 Å². The van der Waals surface area contributed by atoms with E-state index in [1.165, 1.54) is 0 Å². The van der Waals surface area contributed by atoms with Crippen molar-refractivity contribution in [2.75, 3.05) is 6.54 Å². The molecule has 0 rings (SSSR count). The van der Waals surface area contributed by atoms with E-state index in [0.29, 0.717) is 13.0 Å². The summed E-state index contributed by atoms with van der Waals surface area (Å²) in [4.78, 5) is 0. The van der Waals surface area contributed by atoms with Gasteiger partial charge in [0.1, 0.15) is 10.1 Å². The number of aliphatic hydroxyl groups is 1. The molecule has 0 saturated heterocycles. The number of aliphatic hydroxyl groups excluding tert-OH is 1. The molecule has 1 unspecified atom stereocenters. The van der Waals surface area contributed by atoms with E-state index in [4.69, 9.17) is 5.11 Å². The Morgan fingerprint density at radius 1 is 1.70 bits per heavy atom. The zero-order chi connectivity index (χ0) is 8.20. The van der Waals surface area contributed by atoms with Gasteiger partial charge in [0.15, 0.2) is 5.56 Å². The monoisotopic (exact) mass is 168 g/mol. The molecule has 0 radical (unpaired) electrons. The van der Waals surface area contributed by atoms with Gasteiger partial charge in [0.25, 0.3) is 0 Å². The van der Waals surface area contributed by atoms with Gasteiger partial charge >= 0.3 is 0 Å². The van der Waals surface area contributed by atoms with Crippen LogP contribution in [-0.4, -0.2) is 30.2 Å². The van der Waals surface area contributed by atoms with Gasteiger partial charge in [-0.3, -0.25) is 5.32 Å². The van der Waals surface area contributed by atoms with Crippen molar-refractivity contribution in [3.05, 3.63) is 0 Å². The topological polar surface area (TPSA) is 89.5 Å². The van der Waals surface area contributed by atoms with Crippen LogP contribution in [-0.2, 0) is 10.1 Å². The van der Waals surface area contributed by atoms with E-state index in [9.17, 15) is 13.0 Å². The Morgan fingerprint density at radius 3 is 2.50 bits per heavy atom. The highest BCUT2D eigenvalue weighted by molar-refractivity contribution is 7.86. The predicted octanol–water partition coefficient (Wildman–Crippen LogP) is -1.19. The molecule has 0 aromatic carbocycles. The summed E-state index contributed by atoms with van der Waals surface area (Å²) in [7, 11) is -4.58. The van der Waals surface area contributed by atoms with Crippen LogP contribution in [0.4, 0.5) is 0 Å². The first-order valence-corrected chi connectivity index (χ1v) is 4.31. The van der Waals surface area contributed by atoms with Gasteiger partial charge in [0.2, 0.25) is 0 Å². The minimum absolute atomic E-state index is 0.308. The summed E-state index contributed by atoms with van der Waals surface area (Å²) in [5.74, 6) is 0. The summed E-state index contributed by atoms with van der Waals surface area (Å²) in [6, 6.07) is 0. The quantitative estimate of drug-likeness (QED) is 0.407. The van der Waals surface area contributed by atoms with Gasteiger partial charge in [0.05, 0.1) is 0 Å². The van der Waals surface area contributed by atoms with Crippen molar-refractivity contribution in [3.8, 4) is 0 Å². The smallest absolute Gasteiger partial charge is 0.197 e. The summed E-state index contributed by atoms with van der Waals surface area (Å²) >= 11 is 0. The Bertz CT molecular complexity index is 176. The van der Waals surface area contributed by atoms with E-state index in [2.05, 4.69) is 5.32 Å². The molecule has 0 aromatic heterocycles. The summed E-state index contributed by atoms with van der Waals surface area (Å²) in [6.07, 6.45) is 0.659. The summed E-state index contributed by atoms with van der Waals surface area (Å²) in [6.45, 7) is 2.10. The third kappa shape index (κ3) is 3.78. The lowest BCUT2D eigenvalue weighted by Gasteiger charge is -2.15. The van der Waals surface area contributed by atoms with Crippen LogP contribution in [0.2, 0.25) is 0 Å². The highest BCUT2D eigenvalue weighted by Gasteiger charge is 2.08. The molecule has 0 bridgehead atoms. The fourth-order valence-electron chi connectivity index (χ4n) is 0.370. The molecule has 10 heavy (non-hydrogen) atoms. The fourth-order valence-corrected chi connectivity index (χ4v) is 0.692. The number of nitrogens with one attached hydrogen (secondary N) is 1. The molecule has 1 atom stereocenters. The second-order valence-corrected chi connectivity index (χ2v) is 3.23. The SMILES string of the molecule is CCCNC(O)S(=O)(=O)[O-]. The molecule has 2 N–H and O–H groups in total. The highest BCUT2D eigenvalue weighted by Crippen LogP contribution is 1.87. The van der Waals surface area contributed by atoms with Crippen molar-refractivity contribution in [1.29, 1.82) is 0 Å². The molecular formula is C4H10NO4S-. The lowest BCUT2D eigenvalue weighted by Crippen LogP contribution is -2.36. The molecule has 0 aliphatic heterocycles. The van der Waals surface area contributed by atoms with Crippen molar-refractivity contribution in [2.45, 2.75) is 18.9 Å². The van der Waals surface area contributed by atoms with Crippen LogP contribution < -0.4 is 5.32 Å². The standard InChI is InChI=1S/C4H11NO4S/c1-2-3-5-4(6)10(7,8)9/h4-6H,2-3H2,1H3,(H,7,8,9)/p-1. The van der Waals surface area contributed by atoms with Crippen LogP contribution in [0.5, 0.6) is 0 Å². The maximum Gasteiger partial charge on any atom is 0.197 e. The zero-order valence-corrected chi connectivity index (χ0v) is 6.39. The van der Waals surface area contributed by atoms with E-state index in [1.54, 1.807) is 6.92 Å². The average molecular weight is 168 g/mol. The normalized spacial score (nSPS) is 15.1. The van der Waals surface area contributed by atoms with E-state index in [-0.39, 0.29) is 0 Å². The Kier molecular flexibility index (Phi) is 3.80. The minimum atomic E-state index is -4.58. The Morgan fingerprint density at radius 2 is 2.20 bits per heavy atom. The first-order valence-electron chi connectivity index (χ1n) is 2.84. The second kappa shape index (κ2) is 3.87. The lowest BCUT2D eigenvalue weighted by molar-refractivity contribution is 0.196. The average Bonchev–Trinajstić information content (AvgIpc) is 1.80. The van der Waals surface area contributed by atoms with Crippen LogP contribution in [0.3, 0.4) is 0 Å². The molecule has 6 heteroatoms. The van der Waals surface area contributed by atoms with Gasteiger partial charge in [-0.25, -0.2) is 8.42 Å². The molecule has 0 spiro atoms. The molecule has 0 aliphatic rings. The van der Waals surface area contributed by atoms with Crippen LogP contribution >= 0.6 is 0 Å². The number of hydrogen-bond acceptors (Lipinski definition) is 5. The molecular weight excluding hydrogens is 158 g/mol. The van der Waals surface area contributed by atoms with Crippen molar-refractivity contribution in [1.82, 2.24) is 5.32 Å². The van der Waals surface area contributed by atoms with E-state index in [0.717, 1.165) is 0 Å². The van der Waals surface area contributed by atoms with Gasteiger partial charge in [-0.2, -0.15) is 0 Å². The third-order valence-corrected chi connectivity index (χ3v) is 1.56. The first-order chi connectivity index (χ1) is 4.48. The minimum Gasteiger partial charge on any atom is -0.745 e. The van der Waals surface area contributed by atoms with Gasteiger partial charge in [-0.15, -0.1) is 0 Å². The molecule has 0 aromatic rings. The molecule has 62 valence electrons. The van der Waals surface area contributed by atoms with Crippen molar-refractivity contribution >= 4 is 10.1 Å². The maximum atomic E-state index is 9.97. The molecule has 5 nitrogen and oxygen atoms in total. The third-order valence-electron chi connectivity index (χ3n) is 0.842. The Labute approximate surface area is 59.8 Å². The highest BCUT2D eigenvalue weighted by atomic mass is 32.2. The van der Waals surface area contributed by atoms with Crippen molar-refractivity contribution < 1.29 is 18.1 Å². The summed E-state index contributed by atoms with van der Waals surface area (Å²) in [5, 5.41) is 10.6. The van der Waals surface area contributed by atoms with E-state index < -0.39 is 15.7 Å². The molecule has 0 saturated carbocycles. The van der Waals surface area contributed by atoms with E-state index >= 15 is 0 Å². The molecule has 0 heterocycles. The fraction of sp³-hybridized carbons (Fsp3) is 1.00. The molecule has 0 amide bonds. The van der Waals surface area contributed by atoms with Crippen molar-refractivity contribution in [2.24, 2.45) is 0 Å². The van der Waals surface area contributed by atoms with Crippen LogP contribution in [0.25, 0.3) is 0 Å². The Balaban J connectivity index is 3.75. The summed E-state index contributed by atoms with van der Waals surface area (Å²) in [5.41, 5.74) is -1.97. The van der Waals surface area contributed by atoms with Gasteiger partial charge in [-0.05, 0) is 13.0 Å². The predicted molar refractivity (Wildman–Crippen MR) is 34.0 cm³/mol. The molecule has 0 aliphatic carbocycles. The zero-order valence-electron chi connectivity index (χ0n) is 5.57. The number of hydrogen-bond donors (Lipinski definition) is 2. The maximum absolute atomic E-state index is 9.97. The van der Waals surface area contributed by atoms with Gasteiger partial charge < -0.3 is 9.66 Å². The Hall–Kier alpha value is -0.170. The van der Waals surface area contributed by atoms with Crippen LogP contribution in [0.15, 0.2) is 0 Å². The van der Waals surface area contributed by atoms with Crippen LogP contribution in [0, 0.1) is 0 Å². The first kappa shape index (κ1) is 9.83. The van der Waals surface area contributed by atoms with Gasteiger partial charge in [0, 0.05) is 0 Å². The second-order valence-electron chi connectivity index (χ2n) is 1.80. The van der Waals surface area contributed by atoms with Crippen molar-refractivity contribution in [3.63, 3.8) is 0 Å². The van der Waals surface area contributed by atoms with E-state index in [1.807, 2.05) is 0 Å².